The van der Waals surface area contributed by atoms with E-state index in [4.69, 9.17) is 10.2 Å². The molecule has 130 valence electrons. The number of benzene rings is 1. The molecule has 2 rings (SSSR count). The molecule has 0 spiro atoms. The predicted octanol–water partition coefficient (Wildman–Crippen LogP) is 3.41. The van der Waals surface area contributed by atoms with Crippen molar-refractivity contribution in [3.05, 3.63) is 48.4 Å². The van der Waals surface area contributed by atoms with E-state index in [1.54, 1.807) is 37.3 Å². The van der Waals surface area contributed by atoms with Crippen LogP contribution in [0.25, 0.3) is 0 Å². The van der Waals surface area contributed by atoms with Crippen LogP contribution in [0.4, 0.5) is 11.4 Å². The van der Waals surface area contributed by atoms with Gasteiger partial charge in [0.2, 0.25) is 5.91 Å². The fourth-order valence-corrected chi connectivity index (χ4v) is 2.18. The third-order valence-electron chi connectivity index (χ3n) is 3.45. The van der Waals surface area contributed by atoms with Crippen molar-refractivity contribution in [2.24, 2.45) is 5.73 Å². The maximum atomic E-state index is 12.2. The average Bonchev–Trinajstić information content (AvgIpc) is 3.01. The van der Waals surface area contributed by atoms with Crippen molar-refractivity contribution in [3.63, 3.8) is 0 Å². The molecule has 0 aliphatic carbocycles. The molecule has 1 aromatic heterocycles. The van der Waals surface area contributed by atoms with Gasteiger partial charge in [0, 0.05) is 11.4 Å². The van der Waals surface area contributed by atoms with E-state index < -0.39 is 5.54 Å². The molecule has 0 saturated heterocycles. The van der Waals surface area contributed by atoms with Crippen LogP contribution in [0.2, 0.25) is 0 Å². The van der Waals surface area contributed by atoms with Gasteiger partial charge in [0.15, 0.2) is 0 Å². The number of nitrogens with two attached hydrogens (primary N) is 1. The second kappa shape index (κ2) is 8.52. The van der Waals surface area contributed by atoms with E-state index in [0.29, 0.717) is 23.4 Å². The highest BCUT2D eigenvalue weighted by Gasteiger charge is 2.27. The number of furan rings is 1. The summed E-state index contributed by atoms with van der Waals surface area (Å²) in [5.74, 6) is -0.533. The van der Waals surface area contributed by atoms with Crippen LogP contribution in [0.1, 0.15) is 37.0 Å². The maximum Gasteiger partial charge on any atom is 0.258 e. The molecule has 0 bridgehead atoms. The van der Waals surface area contributed by atoms with E-state index in [2.05, 4.69) is 10.6 Å². The smallest absolute Gasteiger partial charge is 0.258 e. The first-order valence-electron chi connectivity index (χ1n) is 7.46. The largest absolute Gasteiger partial charge is 0.472 e. The van der Waals surface area contributed by atoms with E-state index in [0.717, 1.165) is 6.42 Å². The summed E-state index contributed by atoms with van der Waals surface area (Å²) in [5, 5.41) is 5.52. The minimum absolute atomic E-state index is 0. The number of anilines is 2. The summed E-state index contributed by atoms with van der Waals surface area (Å²) < 4.78 is 4.88. The summed E-state index contributed by atoms with van der Waals surface area (Å²) in [6.07, 6.45) is 4.21. The van der Waals surface area contributed by atoms with Crippen molar-refractivity contribution < 1.29 is 14.0 Å². The summed E-state index contributed by atoms with van der Waals surface area (Å²) >= 11 is 0. The van der Waals surface area contributed by atoms with Gasteiger partial charge in [0.05, 0.1) is 17.4 Å². The van der Waals surface area contributed by atoms with Crippen LogP contribution in [0, 0.1) is 0 Å². The highest BCUT2D eigenvalue weighted by Crippen LogP contribution is 2.18. The maximum absolute atomic E-state index is 12.2. The standard InChI is InChI=1S/C17H21N3O3.ClH/c1-3-8-17(2,18)16(22)20-14-6-4-5-13(10-14)19-15(21)12-7-9-23-11-12;/h4-7,9-11H,3,8,18H2,1-2H3,(H,19,21)(H,20,22);1H. The molecule has 6 nitrogen and oxygen atoms in total. The van der Waals surface area contributed by atoms with Gasteiger partial charge in [-0.05, 0) is 37.6 Å². The summed E-state index contributed by atoms with van der Waals surface area (Å²) in [6.45, 7) is 3.68. The average molecular weight is 352 g/mol. The number of hydrogen-bond acceptors (Lipinski definition) is 4. The van der Waals surface area contributed by atoms with Crippen molar-refractivity contribution in [1.82, 2.24) is 0 Å². The minimum atomic E-state index is -0.926. The Kier molecular flexibility index (Phi) is 7.00. The number of hydrogen-bond donors (Lipinski definition) is 3. The Morgan fingerprint density at radius 2 is 1.88 bits per heavy atom. The molecule has 0 saturated carbocycles. The topological polar surface area (TPSA) is 97.4 Å². The van der Waals surface area contributed by atoms with Crippen molar-refractivity contribution in [2.45, 2.75) is 32.2 Å². The lowest BCUT2D eigenvalue weighted by atomic mass is 9.96. The number of amides is 2. The Bertz CT molecular complexity index is 684. The van der Waals surface area contributed by atoms with Crippen LogP contribution in [-0.4, -0.2) is 17.4 Å². The van der Waals surface area contributed by atoms with Crippen LogP contribution in [0.3, 0.4) is 0 Å². The van der Waals surface area contributed by atoms with Crippen molar-refractivity contribution in [2.75, 3.05) is 10.6 Å². The van der Waals surface area contributed by atoms with Gasteiger partial charge in [-0.15, -0.1) is 12.4 Å². The van der Waals surface area contributed by atoms with Crippen LogP contribution in [-0.2, 0) is 4.79 Å². The van der Waals surface area contributed by atoms with E-state index in [1.165, 1.54) is 12.5 Å². The van der Waals surface area contributed by atoms with Crippen LogP contribution >= 0.6 is 12.4 Å². The van der Waals surface area contributed by atoms with Crippen molar-refractivity contribution in [3.8, 4) is 0 Å². The predicted molar refractivity (Wildman–Crippen MR) is 96.5 cm³/mol. The third-order valence-corrected chi connectivity index (χ3v) is 3.45. The molecule has 0 radical (unpaired) electrons. The molecular weight excluding hydrogens is 330 g/mol. The second-order valence-corrected chi connectivity index (χ2v) is 5.67. The monoisotopic (exact) mass is 351 g/mol. The first-order valence-corrected chi connectivity index (χ1v) is 7.46. The van der Waals surface area contributed by atoms with E-state index >= 15 is 0 Å². The molecule has 7 heteroatoms. The highest BCUT2D eigenvalue weighted by molar-refractivity contribution is 6.04. The molecule has 2 aromatic rings. The molecule has 4 N–H and O–H groups in total. The lowest BCUT2D eigenvalue weighted by Crippen LogP contribution is -2.48. The fourth-order valence-electron chi connectivity index (χ4n) is 2.18. The molecule has 1 heterocycles. The van der Waals surface area contributed by atoms with Crippen LogP contribution in [0.15, 0.2) is 47.3 Å². The normalized spacial score (nSPS) is 12.6. The third kappa shape index (κ3) is 5.11. The molecule has 0 aliphatic heterocycles. The van der Waals surface area contributed by atoms with Crippen LogP contribution < -0.4 is 16.4 Å². The second-order valence-electron chi connectivity index (χ2n) is 5.67. The zero-order valence-corrected chi connectivity index (χ0v) is 14.5. The SMILES string of the molecule is CCCC(C)(N)C(=O)Nc1cccc(NC(=O)c2ccoc2)c1.Cl. The van der Waals surface area contributed by atoms with Crippen LogP contribution in [0.5, 0.6) is 0 Å². The first kappa shape index (κ1) is 19.7. The Balaban J connectivity index is 0.00000288. The Hall–Kier alpha value is -2.31. The molecule has 2 amide bonds. The molecule has 0 fully saturated rings. The summed E-state index contributed by atoms with van der Waals surface area (Å²) in [4.78, 5) is 24.2. The van der Waals surface area contributed by atoms with E-state index in [9.17, 15) is 9.59 Å². The highest BCUT2D eigenvalue weighted by atomic mass is 35.5. The zero-order valence-electron chi connectivity index (χ0n) is 13.7. The molecule has 1 aromatic carbocycles. The molecule has 1 atom stereocenters. The number of halogens is 1. The van der Waals surface area contributed by atoms with Gasteiger partial charge in [-0.2, -0.15) is 0 Å². The van der Waals surface area contributed by atoms with Gasteiger partial charge in [-0.25, -0.2) is 0 Å². The molecule has 0 aliphatic rings. The molecule has 24 heavy (non-hydrogen) atoms. The van der Waals surface area contributed by atoms with Gasteiger partial charge in [0.1, 0.15) is 6.26 Å². The van der Waals surface area contributed by atoms with Crippen molar-refractivity contribution >= 4 is 35.6 Å². The minimum Gasteiger partial charge on any atom is -0.472 e. The number of nitrogens with one attached hydrogen (secondary N) is 2. The summed E-state index contributed by atoms with van der Waals surface area (Å²) in [6, 6.07) is 8.48. The zero-order chi connectivity index (χ0) is 16.9. The first-order chi connectivity index (χ1) is 10.9. The van der Waals surface area contributed by atoms with Gasteiger partial charge < -0.3 is 20.8 Å². The fraction of sp³-hybridized carbons (Fsp3) is 0.294. The van der Waals surface area contributed by atoms with Gasteiger partial charge in [0.25, 0.3) is 5.91 Å². The Labute approximate surface area is 147 Å². The summed E-state index contributed by atoms with van der Waals surface area (Å²) in [7, 11) is 0. The van der Waals surface area contributed by atoms with E-state index in [1.807, 2.05) is 6.92 Å². The van der Waals surface area contributed by atoms with E-state index in [-0.39, 0.29) is 24.2 Å². The number of carbonyl (C=O) groups is 2. The lowest BCUT2D eigenvalue weighted by Gasteiger charge is -2.23. The lowest BCUT2D eigenvalue weighted by molar-refractivity contribution is -0.120. The van der Waals surface area contributed by atoms with Gasteiger partial charge >= 0.3 is 0 Å². The van der Waals surface area contributed by atoms with Crippen molar-refractivity contribution in [1.29, 1.82) is 0 Å². The van der Waals surface area contributed by atoms with Gasteiger partial charge in [-0.3, -0.25) is 9.59 Å². The quantitative estimate of drug-likeness (QED) is 0.742. The Morgan fingerprint density at radius 1 is 1.21 bits per heavy atom. The van der Waals surface area contributed by atoms with Gasteiger partial charge in [-0.1, -0.05) is 19.4 Å². The molecular formula is C17H22ClN3O3. The Morgan fingerprint density at radius 3 is 2.46 bits per heavy atom. The number of rotatable bonds is 6. The molecule has 1 unspecified atom stereocenters. The number of carbonyl (C=O) groups excluding carboxylic acids is 2. The summed E-state index contributed by atoms with van der Waals surface area (Å²) in [5.41, 5.74) is 6.66.